The Morgan fingerprint density at radius 2 is 2.38 bits per heavy atom. The molecule has 1 aromatic rings. The van der Waals surface area contributed by atoms with Crippen LogP contribution in [0.4, 0.5) is 0 Å². The molecule has 0 saturated carbocycles. The first-order valence-corrected chi connectivity index (χ1v) is 6.35. The average Bonchev–Trinajstić information content (AvgIpc) is 3.02. The predicted octanol–water partition coefficient (Wildman–Crippen LogP) is 1.68. The first kappa shape index (κ1) is 12.2. The van der Waals surface area contributed by atoms with Gasteiger partial charge in [0.05, 0.1) is 6.04 Å². The van der Waals surface area contributed by atoms with E-state index < -0.39 is 0 Å². The SMILES string of the molecule is C1COC(c2noc([C@H]3CSCN3)n2)C1.Cl. The number of nitrogens with zero attached hydrogens (tertiary/aromatic N) is 2. The summed E-state index contributed by atoms with van der Waals surface area (Å²) in [5, 5.41) is 7.29. The second kappa shape index (κ2) is 5.35. The van der Waals surface area contributed by atoms with Crippen molar-refractivity contribution in [2.45, 2.75) is 25.0 Å². The molecule has 3 heterocycles. The van der Waals surface area contributed by atoms with Crippen molar-refractivity contribution in [3.63, 3.8) is 0 Å². The van der Waals surface area contributed by atoms with Gasteiger partial charge in [0.1, 0.15) is 6.10 Å². The molecule has 1 unspecified atom stereocenters. The molecule has 90 valence electrons. The number of hydrogen-bond donors (Lipinski definition) is 1. The van der Waals surface area contributed by atoms with Crippen LogP contribution in [0.2, 0.25) is 0 Å². The molecule has 0 amide bonds. The molecule has 0 aromatic carbocycles. The Bertz CT molecular complexity index is 307. The molecule has 7 heteroatoms. The third-order valence-corrected chi connectivity index (χ3v) is 3.63. The standard InChI is InChI=1S/C9H13N3O2S.ClH/c1-2-7(13-3-1)8-11-9(14-12-8)6-4-15-5-10-6;/h6-7,10H,1-5H2;1H/t6-,7?;/m1./s1. The molecule has 2 atom stereocenters. The number of halogens is 1. The zero-order chi connectivity index (χ0) is 10.1. The lowest BCUT2D eigenvalue weighted by molar-refractivity contribution is 0.103. The minimum Gasteiger partial charge on any atom is -0.370 e. The van der Waals surface area contributed by atoms with Crippen molar-refractivity contribution in [2.75, 3.05) is 18.2 Å². The molecule has 2 fully saturated rings. The second-order valence-corrected chi connectivity index (χ2v) is 4.79. The van der Waals surface area contributed by atoms with Gasteiger partial charge in [0.2, 0.25) is 11.7 Å². The van der Waals surface area contributed by atoms with Gasteiger partial charge in [0.15, 0.2) is 0 Å². The van der Waals surface area contributed by atoms with E-state index in [0.717, 1.165) is 31.1 Å². The molecule has 2 saturated heterocycles. The van der Waals surface area contributed by atoms with Crippen LogP contribution in [0, 0.1) is 0 Å². The number of aromatic nitrogens is 2. The van der Waals surface area contributed by atoms with Crippen molar-refractivity contribution in [3.05, 3.63) is 11.7 Å². The van der Waals surface area contributed by atoms with Crippen LogP contribution in [0.15, 0.2) is 4.52 Å². The highest BCUT2D eigenvalue weighted by Crippen LogP contribution is 2.28. The normalized spacial score (nSPS) is 29.2. The first-order chi connectivity index (χ1) is 7.43. The van der Waals surface area contributed by atoms with Gasteiger partial charge in [-0.15, -0.1) is 24.2 Å². The Kier molecular flexibility index (Phi) is 4.07. The van der Waals surface area contributed by atoms with Crippen molar-refractivity contribution in [1.82, 2.24) is 15.5 Å². The fourth-order valence-electron chi connectivity index (χ4n) is 1.85. The molecule has 0 aliphatic carbocycles. The molecule has 0 spiro atoms. The molecule has 3 rings (SSSR count). The zero-order valence-corrected chi connectivity index (χ0v) is 10.4. The van der Waals surface area contributed by atoms with Gasteiger partial charge in [-0.2, -0.15) is 4.98 Å². The molecule has 1 N–H and O–H groups in total. The van der Waals surface area contributed by atoms with Gasteiger partial charge in [-0.1, -0.05) is 5.16 Å². The highest BCUT2D eigenvalue weighted by molar-refractivity contribution is 7.99. The maximum absolute atomic E-state index is 5.50. The van der Waals surface area contributed by atoms with Crippen molar-refractivity contribution in [1.29, 1.82) is 0 Å². The lowest BCUT2D eigenvalue weighted by Crippen LogP contribution is -2.15. The van der Waals surface area contributed by atoms with Crippen molar-refractivity contribution in [3.8, 4) is 0 Å². The number of ether oxygens (including phenoxy) is 1. The monoisotopic (exact) mass is 263 g/mol. The zero-order valence-electron chi connectivity index (χ0n) is 8.72. The van der Waals surface area contributed by atoms with Gasteiger partial charge in [0, 0.05) is 18.2 Å². The molecule has 0 radical (unpaired) electrons. The van der Waals surface area contributed by atoms with E-state index in [9.17, 15) is 0 Å². The van der Waals surface area contributed by atoms with E-state index in [0.29, 0.717) is 11.7 Å². The van der Waals surface area contributed by atoms with Crippen molar-refractivity contribution < 1.29 is 9.26 Å². The first-order valence-electron chi connectivity index (χ1n) is 5.20. The van der Waals surface area contributed by atoms with Crippen LogP contribution in [-0.2, 0) is 4.74 Å². The minimum absolute atomic E-state index is 0. The van der Waals surface area contributed by atoms with E-state index >= 15 is 0 Å². The predicted molar refractivity (Wildman–Crippen MR) is 62.7 cm³/mol. The van der Waals surface area contributed by atoms with Crippen LogP contribution in [0.1, 0.15) is 36.7 Å². The number of thioether (sulfide) groups is 1. The summed E-state index contributed by atoms with van der Waals surface area (Å²) < 4.78 is 10.7. The van der Waals surface area contributed by atoms with Crippen LogP contribution in [0.5, 0.6) is 0 Å². The van der Waals surface area contributed by atoms with Gasteiger partial charge >= 0.3 is 0 Å². The fraction of sp³-hybridized carbons (Fsp3) is 0.778. The summed E-state index contributed by atoms with van der Waals surface area (Å²) in [5.74, 6) is 3.38. The van der Waals surface area contributed by atoms with Gasteiger partial charge in [-0.25, -0.2) is 0 Å². The van der Waals surface area contributed by atoms with Crippen LogP contribution >= 0.6 is 24.2 Å². The van der Waals surface area contributed by atoms with Crippen molar-refractivity contribution in [2.24, 2.45) is 0 Å². The molecular formula is C9H14ClN3O2S. The summed E-state index contributed by atoms with van der Waals surface area (Å²) in [6.07, 6.45) is 2.15. The molecule has 0 bridgehead atoms. The van der Waals surface area contributed by atoms with Gasteiger partial charge < -0.3 is 9.26 Å². The summed E-state index contributed by atoms with van der Waals surface area (Å²) >= 11 is 1.85. The maximum atomic E-state index is 5.50. The molecule has 5 nitrogen and oxygen atoms in total. The molecule has 1 aromatic heterocycles. The lowest BCUT2D eigenvalue weighted by Gasteiger charge is -2.02. The Hall–Kier alpha value is -0.300. The summed E-state index contributed by atoms with van der Waals surface area (Å²) in [6.45, 7) is 0.812. The summed E-state index contributed by atoms with van der Waals surface area (Å²) in [7, 11) is 0. The summed E-state index contributed by atoms with van der Waals surface area (Å²) in [6, 6.07) is 0.220. The Labute approximate surface area is 104 Å². The highest BCUT2D eigenvalue weighted by Gasteiger charge is 2.27. The van der Waals surface area contributed by atoms with Gasteiger partial charge in [-0.05, 0) is 12.8 Å². The van der Waals surface area contributed by atoms with E-state index in [1.807, 2.05) is 11.8 Å². The third-order valence-electron chi connectivity index (χ3n) is 2.69. The molecule has 2 aliphatic heterocycles. The summed E-state index contributed by atoms with van der Waals surface area (Å²) in [5.41, 5.74) is 0. The fourth-order valence-corrected chi connectivity index (χ4v) is 2.79. The third kappa shape index (κ3) is 2.34. The van der Waals surface area contributed by atoms with E-state index in [1.54, 1.807) is 0 Å². The van der Waals surface area contributed by atoms with Gasteiger partial charge in [0.25, 0.3) is 0 Å². The van der Waals surface area contributed by atoms with E-state index in [2.05, 4.69) is 15.5 Å². The highest BCUT2D eigenvalue weighted by atomic mass is 35.5. The number of nitrogens with one attached hydrogen (secondary N) is 1. The van der Waals surface area contributed by atoms with E-state index in [4.69, 9.17) is 9.26 Å². The maximum Gasteiger partial charge on any atom is 0.244 e. The van der Waals surface area contributed by atoms with Crippen LogP contribution < -0.4 is 5.32 Å². The molecular weight excluding hydrogens is 250 g/mol. The van der Waals surface area contributed by atoms with Crippen LogP contribution in [-0.4, -0.2) is 28.4 Å². The topological polar surface area (TPSA) is 60.2 Å². The Morgan fingerprint density at radius 3 is 3.06 bits per heavy atom. The molecule has 16 heavy (non-hydrogen) atoms. The van der Waals surface area contributed by atoms with Crippen molar-refractivity contribution >= 4 is 24.2 Å². The van der Waals surface area contributed by atoms with Crippen LogP contribution in [0.25, 0.3) is 0 Å². The lowest BCUT2D eigenvalue weighted by atomic mass is 10.2. The van der Waals surface area contributed by atoms with E-state index in [-0.39, 0.29) is 24.6 Å². The quantitative estimate of drug-likeness (QED) is 0.876. The van der Waals surface area contributed by atoms with Crippen LogP contribution in [0.3, 0.4) is 0 Å². The largest absolute Gasteiger partial charge is 0.370 e. The Balaban J connectivity index is 0.000000963. The second-order valence-electron chi connectivity index (χ2n) is 3.76. The number of rotatable bonds is 2. The average molecular weight is 264 g/mol. The number of hydrogen-bond acceptors (Lipinski definition) is 6. The van der Waals surface area contributed by atoms with Gasteiger partial charge in [-0.3, -0.25) is 5.32 Å². The smallest absolute Gasteiger partial charge is 0.244 e. The van der Waals surface area contributed by atoms with E-state index in [1.165, 1.54) is 0 Å². The molecule has 2 aliphatic rings. The Morgan fingerprint density at radius 1 is 1.44 bits per heavy atom. The summed E-state index contributed by atoms with van der Waals surface area (Å²) in [4.78, 5) is 4.40. The minimum atomic E-state index is 0.